The van der Waals surface area contributed by atoms with Crippen molar-refractivity contribution in [2.45, 2.75) is 26.6 Å². The third-order valence-corrected chi connectivity index (χ3v) is 3.77. The fourth-order valence-corrected chi connectivity index (χ4v) is 2.34. The van der Waals surface area contributed by atoms with Crippen molar-refractivity contribution in [3.63, 3.8) is 0 Å². The molecule has 26 heavy (non-hydrogen) atoms. The number of anilines is 1. The lowest BCUT2D eigenvalue weighted by Gasteiger charge is -2.15. The van der Waals surface area contributed by atoms with Crippen LogP contribution in [0.25, 0.3) is 0 Å². The maximum atomic E-state index is 12.3. The Balaban J connectivity index is 2.00. The van der Waals surface area contributed by atoms with E-state index in [1.165, 1.54) is 14.0 Å². The second-order valence-corrected chi connectivity index (χ2v) is 5.87. The van der Waals surface area contributed by atoms with Gasteiger partial charge in [0.1, 0.15) is 5.75 Å². The third-order valence-electron chi connectivity index (χ3n) is 3.77. The van der Waals surface area contributed by atoms with Gasteiger partial charge in [0.25, 0.3) is 5.91 Å². The molecule has 0 spiro atoms. The smallest absolute Gasteiger partial charge is 0.338 e. The SMILES string of the molecule is COCc1ccc(C(=O)OC(C)C(=O)Nc2cc(C)ccc2OC)cc1. The van der Waals surface area contributed by atoms with Gasteiger partial charge >= 0.3 is 5.97 Å². The molecule has 0 heterocycles. The molecule has 1 amide bonds. The normalized spacial score (nSPS) is 11.5. The lowest BCUT2D eigenvalue weighted by Crippen LogP contribution is -2.30. The number of carbonyl (C=O) groups is 2. The molecule has 0 saturated carbocycles. The lowest BCUT2D eigenvalue weighted by molar-refractivity contribution is -0.123. The van der Waals surface area contributed by atoms with Crippen LogP contribution in [0.15, 0.2) is 42.5 Å². The average molecular weight is 357 g/mol. The van der Waals surface area contributed by atoms with E-state index in [0.717, 1.165) is 11.1 Å². The number of amides is 1. The van der Waals surface area contributed by atoms with Gasteiger partial charge in [-0.15, -0.1) is 0 Å². The fraction of sp³-hybridized carbons (Fsp3) is 0.300. The van der Waals surface area contributed by atoms with Crippen LogP contribution >= 0.6 is 0 Å². The summed E-state index contributed by atoms with van der Waals surface area (Å²) in [5, 5.41) is 2.73. The zero-order chi connectivity index (χ0) is 19.1. The molecule has 2 rings (SSSR count). The Morgan fingerprint density at radius 1 is 1.08 bits per heavy atom. The van der Waals surface area contributed by atoms with Crippen molar-refractivity contribution in [1.29, 1.82) is 0 Å². The van der Waals surface area contributed by atoms with E-state index in [4.69, 9.17) is 14.2 Å². The van der Waals surface area contributed by atoms with E-state index in [0.29, 0.717) is 23.6 Å². The molecule has 0 aliphatic rings. The minimum atomic E-state index is -0.952. The molecule has 0 aromatic heterocycles. The molecule has 0 radical (unpaired) electrons. The first-order valence-corrected chi connectivity index (χ1v) is 8.19. The molecule has 0 aliphatic heterocycles. The number of methoxy groups -OCH3 is 2. The van der Waals surface area contributed by atoms with Crippen LogP contribution < -0.4 is 10.1 Å². The highest BCUT2D eigenvalue weighted by Crippen LogP contribution is 2.25. The van der Waals surface area contributed by atoms with E-state index in [1.807, 2.05) is 13.0 Å². The van der Waals surface area contributed by atoms with Crippen molar-refractivity contribution in [3.8, 4) is 5.75 Å². The predicted octanol–water partition coefficient (Wildman–Crippen LogP) is 3.33. The lowest BCUT2D eigenvalue weighted by atomic mass is 10.1. The van der Waals surface area contributed by atoms with Crippen molar-refractivity contribution in [1.82, 2.24) is 0 Å². The van der Waals surface area contributed by atoms with Crippen molar-refractivity contribution in [3.05, 3.63) is 59.2 Å². The first-order valence-electron chi connectivity index (χ1n) is 8.19. The van der Waals surface area contributed by atoms with Gasteiger partial charge < -0.3 is 19.5 Å². The first-order chi connectivity index (χ1) is 12.4. The van der Waals surface area contributed by atoms with Gasteiger partial charge in [0, 0.05) is 7.11 Å². The summed E-state index contributed by atoms with van der Waals surface area (Å²) in [4.78, 5) is 24.5. The molecule has 2 aromatic rings. The first kappa shape index (κ1) is 19.5. The standard InChI is InChI=1S/C20H23NO5/c1-13-5-10-18(25-4)17(11-13)21-19(22)14(2)26-20(23)16-8-6-15(7-9-16)12-24-3/h5-11,14H,12H2,1-4H3,(H,21,22). The molecule has 0 bridgehead atoms. The largest absolute Gasteiger partial charge is 0.495 e. The second-order valence-electron chi connectivity index (χ2n) is 5.87. The zero-order valence-electron chi connectivity index (χ0n) is 15.4. The second kappa shape index (κ2) is 9.01. The number of hydrogen-bond donors (Lipinski definition) is 1. The quantitative estimate of drug-likeness (QED) is 0.770. The van der Waals surface area contributed by atoms with Crippen molar-refractivity contribution in [2.24, 2.45) is 0 Å². The number of rotatable bonds is 7. The summed E-state index contributed by atoms with van der Waals surface area (Å²) in [6.45, 7) is 3.90. The Hall–Kier alpha value is -2.86. The van der Waals surface area contributed by atoms with Gasteiger partial charge in [-0.3, -0.25) is 4.79 Å². The van der Waals surface area contributed by atoms with E-state index in [1.54, 1.807) is 43.5 Å². The number of ether oxygens (including phenoxy) is 3. The highest BCUT2D eigenvalue weighted by atomic mass is 16.5. The summed E-state index contributed by atoms with van der Waals surface area (Å²) < 4.78 is 15.5. The summed E-state index contributed by atoms with van der Waals surface area (Å²) in [6, 6.07) is 12.3. The molecule has 138 valence electrons. The maximum Gasteiger partial charge on any atom is 0.338 e. The van der Waals surface area contributed by atoms with Crippen LogP contribution in [0.1, 0.15) is 28.4 Å². The van der Waals surface area contributed by atoms with Gasteiger partial charge in [-0.1, -0.05) is 18.2 Å². The van der Waals surface area contributed by atoms with Crippen LogP contribution in [0, 0.1) is 6.92 Å². The Morgan fingerprint density at radius 3 is 2.38 bits per heavy atom. The van der Waals surface area contributed by atoms with E-state index in [-0.39, 0.29) is 0 Å². The van der Waals surface area contributed by atoms with Gasteiger partial charge in [0.15, 0.2) is 6.10 Å². The van der Waals surface area contributed by atoms with Gasteiger partial charge in [-0.2, -0.15) is 0 Å². The van der Waals surface area contributed by atoms with E-state index >= 15 is 0 Å². The molecule has 1 atom stereocenters. The molecule has 1 N–H and O–H groups in total. The molecule has 0 aliphatic carbocycles. The van der Waals surface area contributed by atoms with E-state index < -0.39 is 18.0 Å². The molecule has 6 heteroatoms. The summed E-state index contributed by atoms with van der Waals surface area (Å²) in [5.74, 6) is -0.456. The van der Waals surface area contributed by atoms with Crippen molar-refractivity contribution < 1.29 is 23.8 Å². The number of nitrogens with one attached hydrogen (secondary N) is 1. The molecule has 2 aromatic carbocycles. The van der Waals surface area contributed by atoms with E-state index in [9.17, 15) is 9.59 Å². The zero-order valence-corrected chi connectivity index (χ0v) is 15.4. The molecule has 0 saturated heterocycles. The van der Waals surface area contributed by atoms with Gasteiger partial charge in [0.05, 0.1) is 25.0 Å². The molecule has 0 fully saturated rings. The summed E-state index contributed by atoms with van der Waals surface area (Å²) in [6.07, 6.45) is -0.952. The van der Waals surface area contributed by atoms with Crippen molar-refractivity contribution >= 4 is 17.6 Å². The van der Waals surface area contributed by atoms with Crippen LogP contribution in [-0.4, -0.2) is 32.2 Å². The number of benzene rings is 2. The number of hydrogen-bond acceptors (Lipinski definition) is 5. The Kier molecular flexibility index (Phi) is 6.74. The fourth-order valence-electron chi connectivity index (χ4n) is 2.34. The number of carbonyl (C=O) groups excluding carboxylic acids is 2. The Bertz CT molecular complexity index is 770. The average Bonchev–Trinajstić information content (AvgIpc) is 2.62. The van der Waals surface area contributed by atoms with Gasteiger partial charge in [0.2, 0.25) is 0 Å². The van der Waals surface area contributed by atoms with Gasteiger partial charge in [-0.05, 0) is 49.2 Å². The van der Waals surface area contributed by atoms with Crippen LogP contribution in [0.2, 0.25) is 0 Å². The molecular weight excluding hydrogens is 334 g/mol. The monoisotopic (exact) mass is 357 g/mol. The molecular formula is C20H23NO5. The highest BCUT2D eigenvalue weighted by molar-refractivity contribution is 5.98. The number of aryl methyl sites for hydroxylation is 1. The highest BCUT2D eigenvalue weighted by Gasteiger charge is 2.20. The Labute approximate surface area is 153 Å². The van der Waals surface area contributed by atoms with Crippen LogP contribution in [-0.2, 0) is 20.9 Å². The predicted molar refractivity (Wildman–Crippen MR) is 98.4 cm³/mol. The topological polar surface area (TPSA) is 73.9 Å². The Morgan fingerprint density at radius 2 is 1.77 bits per heavy atom. The van der Waals surface area contributed by atoms with Crippen LogP contribution in [0.3, 0.4) is 0 Å². The maximum absolute atomic E-state index is 12.3. The minimum absolute atomic E-state index is 0.373. The van der Waals surface area contributed by atoms with Crippen molar-refractivity contribution in [2.75, 3.05) is 19.5 Å². The summed E-state index contributed by atoms with van der Waals surface area (Å²) in [7, 11) is 3.13. The summed E-state index contributed by atoms with van der Waals surface area (Å²) in [5.41, 5.74) is 2.82. The minimum Gasteiger partial charge on any atom is -0.495 e. The van der Waals surface area contributed by atoms with Gasteiger partial charge in [-0.25, -0.2) is 4.79 Å². The van der Waals surface area contributed by atoms with Crippen LogP contribution in [0.4, 0.5) is 5.69 Å². The molecule has 1 unspecified atom stereocenters. The van der Waals surface area contributed by atoms with E-state index in [2.05, 4.69) is 5.32 Å². The third kappa shape index (κ3) is 5.07. The van der Waals surface area contributed by atoms with Crippen LogP contribution in [0.5, 0.6) is 5.75 Å². The summed E-state index contributed by atoms with van der Waals surface area (Å²) >= 11 is 0. The number of esters is 1. The molecule has 6 nitrogen and oxygen atoms in total.